The zero-order chi connectivity index (χ0) is 18.5. The molecule has 0 atom stereocenters. The molecular formula is C20H23N5OS. The molecule has 0 N–H and O–H groups in total. The Morgan fingerprint density at radius 3 is 2.59 bits per heavy atom. The third-order valence-corrected chi connectivity index (χ3v) is 5.58. The van der Waals surface area contributed by atoms with Crippen molar-refractivity contribution >= 4 is 11.8 Å². The maximum absolute atomic E-state index is 5.43. The molecule has 0 saturated carbocycles. The van der Waals surface area contributed by atoms with E-state index in [9.17, 15) is 0 Å². The van der Waals surface area contributed by atoms with Gasteiger partial charge >= 0.3 is 0 Å². The van der Waals surface area contributed by atoms with Gasteiger partial charge in [0.1, 0.15) is 0 Å². The highest BCUT2D eigenvalue weighted by Crippen LogP contribution is 2.29. The van der Waals surface area contributed by atoms with E-state index in [-0.39, 0.29) is 0 Å². The molecule has 1 aliphatic rings. The van der Waals surface area contributed by atoms with Crippen LogP contribution in [0.25, 0.3) is 17.1 Å². The Labute approximate surface area is 163 Å². The van der Waals surface area contributed by atoms with Crippen molar-refractivity contribution in [2.45, 2.75) is 12.1 Å². The molecule has 2 aromatic heterocycles. The summed E-state index contributed by atoms with van der Waals surface area (Å²) in [4.78, 5) is 6.56. The highest BCUT2D eigenvalue weighted by Gasteiger charge is 2.18. The summed E-state index contributed by atoms with van der Waals surface area (Å²) in [6, 6.07) is 12.3. The van der Waals surface area contributed by atoms with Gasteiger partial charge < -0.3 is 4.74 Å². The second-order valence-electron chi connectivity index (χ2n) is 6.47. The van der Waals surface area contributed by atoms with E-state index in [2.05, 4.69) is 55.8 Å². The van der Waals surface area contributed by atoms with E-state index in [0.717, 1.165) is 60.8 Å². The van der Waals surface area contributed by atoms with Crippen LogP contribution in [0.2, 0.25) is 0 Å². The van der Waals surface area contributed by atoms with Gasteiger partial charge in [0.05, 0.1) is 18.9 Å². The van der Waals surface area contributed by atoms with Gasteiger partial charge in [-0.25, -0.2) is 0 Å². The minimum Gasteiger partial charge on any atom is -0.379 e. The van der Waals surface area contributed by atoms with Crippen molar-refractivity contribution in [2.24, 2.45) is 0 Å². The van der Waals surface area contributed by atoms with E-state index in [0.29, 0.717) is 0 Å². The molecule has 6 nitrogen and oxygen atoms in total. The van der Waals surface area contributed by atoms with Gasteiger partial charge in [0.2, 0.25) is 0 Å². The predicted molar refractivity (Wildman–Crippen MR) is 107 cm³/mol. The Bertz CT molecular complexity index is 877. The quantitative estimate of drug-likeness (QED) is 0.612. The van der Waals surface area contributed by atoms with Crippen molar-refractivity contribution in [1.29, 1.82) is 0 Å². The van der Waals surface area contributed by atoms with E-state index < -0.39 is 0 Å². The molecule has 0 amide bonds. The Kier molecular flexibility index (Phi) is 5.81. The molecule has 3 heterocycles. The number of para-hydroxylation sites is 1. The van der Waals surface area contributed by atoms with Gasteiger partial charge in [-0.1, -0.05) is 30.0 Å². The summed E-state index contributed by atoms with van der Waals surface area (Å²) in [6.07, 6.45) is 3.58. The first-order valence-electron chi connectivity index (χ1n) is 9.17. The first kappa shape index (κ1) is 18.2. The van der Waals surface area contributed by atoms with Gasteiger partial charge in [0, 0.05) is 43.3 Å². The number of aryl methyl sites for hydroxylation is 1. The molecular weight excluding hydrogens is 358 g/mol. The molecule has 3 aromatic rings. The van der Waals surface area contributed by atoms with Gasteiger partial charge in [0.15, 0.2) is 11.0 Å². The number of nitrogens with zero attached hydrogens (tertiary/aromatic N) is 5. The van der Waals surface area contributed by atoms with Crippen LogP contribution in [0, 0.1) is 6.92 Å². The van der Waals surface area contributed by atoms with E-state index >= 15 is 0 Å². The van der Waals surface area contributed by atoms with Crippen LogP contribution in [0.1, 0.15) is 5.56 Å². The summed E-state index contributed by atoms with van der Waals surface area (Å²) in [5.41, 5.74) is 3.33. The predicted octanol–water partition coefficient (Wildman–Crippen LogP) is 3.06. The number of rotatable bonds is 6. The molecule has 0 spiro atoms. The second-order valence-corrected chi connectivity index (χ2v) is 7.53. The van der Waals surface area contributed by atoms with Crippen LogP contribution in [0.5, 0.6) is 0 Å². The zero-order valence-electron chi connectivity index (χ0n) is 15.4. The summed E-state index contributed by atoms with van der Waals surface area (Å²) in [5, 5.41) is 9.93. The Morgan fingerprint density at radius 1 is 1.04 bits per heavy atom. The first-order chi connectivity index (χ1) is 13.3. The fourth-order valence-corrected chi connectivity index (χ4v) is 4.12. The number of ether oxygens (including phenoxy) is 1. The van der Waals surface area contributed by atoms with Crippen molar-refractivity contribution in [3.8, 4) is 17.1 Å². The maximum atomic E-state index is 5.43. The third-order valence-electron chi connectivity index (χ3n) is 4.67. The highest BCUT2D eigenvalue weighted by molar-refractivity contribution is 7.99. The van der Waals surface area contributed by atoms with Crippen LogP contribution in [-0.2, 0) is 4.74 Å². The second kappa shape index (κ2) is 8.65. The third kappa shape index (κ3) is 4.21. The van der Waals surface area contributed by atoms with Crippen molar-refractivity contribution in [2.75, 3.05) is 38.6 Å². The lowest BCUT2D eigenvalue weighted by Gasteiger charge is -2.26. The Balaban J connectivity index is 1.61. The Morgan fingerprint density at radius 2 is 1.81 bits per heavy atom. The van der Waals surface area contributed by atoms with Gasteiger partial charge in [0.25, 0.3) is 0 Å². The molecule has 140 valence electrons. The molecule has 0 aliphatic carbocycles. The molecule has 27 heavy (non-hydrogen) atoms. The number of pyridine rings is 1. The maximum Gasteiger partial charge on any atom is 0.196 e. The average Bonchev–Trinajstić information content (AvgIpc) is 3.13. The first-order valence-corrected chi connectivity index (χ1v) is 10.2. The monoisotopic (exact) mass is 381 g/mol. The van der Waals surface area contributed by atoms with Crippen molar-refractivity contribution in [3.63, 3.8) is 0 Å². The molecule has 1 saturated heterocycles. The number of thioether (sulfide) groups is 1. The zero-order valence-corrected chi connectivity index (χ0v) is 16.2. The molecule has 1 aromatic carbocycles. The van der Waals surface area contributed by atoms with Gasteiger partial charge in [-0.3, -0.25) is 14.5 Å². The van der Waals surface area contributed by atoms with Crippen molar-refractivity contribution in [1.82, 2.24) is 24.6 Å². The van der Waals surface area contributed by atoms with Crippen LogP contribution >= 0.6 is 11.8 Å². The van der Waals surface area contributed by atoms with Crippen LogP contribution in [0.4, 0.5) is 0 Å². The lowest BCUT2D eigenvalue weighted by Crippen LogP contribution is -2.37. The topological polar surface area (TPSA) is 56.1 Å². The van der Waals surface area contributed by atoms with Crippen LogP contribution < -0.4 is 0 Å². The van der Waals surface area contributed by atoms with E-state index in [1.165, 1.54) is 5.56 Å². The van der Waals surface area contributed by atoms with Crippen LogP contribution in [0.3, 0.4) is 0 Å². The lowest BCUT2D eigenvalue weighted by molar-refractivity contribution is 0.0410. The SMILES string of the molecule is Cc1ccccc1-n1c(SCCN2CCOCC2)nnc1-c1ccncc1. The number of hydrogen-bond donors (Lipinski definition) is 0. The lowest BCUT2D eigenvalue weighted by atomic mass is 10.2. The van der Waals surface area contributed by atoms with E-state index in [1.807, 2.05) is 12.1 Å². The minimum absolute atomic E-state index is 0.830. The van der Waals surface area contributed by atoms with Gasteiger partial charge in [-0.05, 0) is 30.7 Å². The summed E-state index contributed by atoms with van der Waals surface area (Å²) >= 11 is 1.75. The fraction of sp³-hybridized carbons (Fsp3) is 0.350. The fourth-order valence-electron chi connectivity index (χ4n) is 3.17. The minimum atomic E-state index is 0.830. The molecule has 7 heteroatoms. The van der Waals surface area contributed by atoms with Gasteiger partial charge in [-0.15, -0.1) is 10.2 Å². The highest BCUT2D eigenvalue weighted by atomic mass is 32.2. The van der Waals surface area contributed by atoms with Crippen LogP contribution in [-0.4, -0.2) is 63.2 Å². The smallest absolute Gasteiger partial charge is 0.196 e. The summed E-state index contributed by atoms with van der Waals surface area (Å²) in [7, 11) is 0. The number of hydrogen-bond acceptors (Lipinski definition) is 6. The van der Waals surface area contributed by atoms with Crippen molar-refractivity contribution < 1.29 is 4.74 Å². The van der Waals surface area contributed by atoms with Crippen LogP contribution in [0.15, 0.2) is 53.9 Å². The number of aromatic nitrogens is 4. The number of benzene rings is 1. The summed E-state index contributed by atoms with van der Waals surface area (Å²) in [6.45, 7) is 6.82. The molecule has 0 bridgehead atoms. The van der Waals surface area contributed by atoms with Gasteiger partial charge in [-0.2, -0.15) is 0 Å². The average molecular weight is 382 g/mol. The molecule has 0 radical (unpaired) electrons. The summed E-state index contributed by atoms with van der Waals surface area (Å²) in [5.74, 6) is 1.82. The standard InChI is InChI=1S/C20H23N5OS/c1-16-4-2-3-5-18(16)25-19(17-6-8-21-9-7-17)22-23-20(25)27-15-12-24-10-13-26-14-11-24/h2-9H,10-15H2,1H3. The Hall–Kier alpha value is -2.22. The normalized spacial score (nSPS) is 15.1. The summed E-state index contributed by atoms with van der Waals surface area (Å²) < 4.78 is 7.59. The molecule has 1 fully saturated rings. The molecule has 4 rings (SSSR count). The van der Waals surface area contributed by atoms with E-state index in [4.69, 9.17) is 4.74 Å². The van der Waals surface area contributed by atoms with Crippen molar-refractivity contribution in [3.05, 3.63) is 54.4 Å². The molecule has 1 aliphatic heterocycles. The van der Waals surface area contributed by atoms with E-state index in [1.54, 1.807) is 24.2 Å². The number of morpholine rings is 1. The largest absolute Gasteiger partial charge is 0.379 e. The molecule has 0 unspecified atom stereocenters.